The van der Waals surface area contributed by atoms with Gasteiger partial charge in [-0.25, -0.2) is 0 Å². The van der Waals surface area contributed by atoms with Crippen LogP contribution in [0.15, 0.2) is 24.3 Å². The van der Waals surface area contributed by atoms with Crippen LogP contribution in [0.2, 0.25) is 0 Å². The van der Waals surface area contributed by atoms with Crippen LogP contribution in [-0.4, -0.2) is 37.7 Å². The molecule has 104 valence electrons. The van der Waals surface area contributed by atoms with Gasteiger partial charge in [0.25, 0.3) is 0 Å². The second kappa shape index (κ2) is 5.51. The second-order valence-electron chi connectivity index (χ2n) is 5.91. The Labute approximate surface area is 115 Å². The minimum Gasteiger partial charge on any atom is -0.497 e. The number of hydrogen-bond donors (Lipinski definition) is 1. The summed E-state index contributed by atoms with van der Waals surface area (Å²) in [5.41, 5.74) is 1.32. The van der Waals surface area contributed by atoms with E-state index in [4.69, 9.17) is 4.74 Å². The van der Waals surface area contributed by atoms with E-state index in [9.17, 15) is 0 Å². The first-order valence-corrected chi connectivity index (χ1v) is 7.38. The molecule has 1 N–H and O–H groups in total. The molecule has 0 amide bonds. The summed E-state index contributed by atoms with van der Waals surface area (Å²) in [6, 6.07) is 9.48. The molecule has 2 aliphatic rings. The van der Waals surface area contributed by atoms with Crippen molar-refractivity contribution in [2.24, 2.45) is 5.92 Å². The molecule has 2 heterocycles. The average Bonchev–Trinajstić information content (AvgIpc) is 2.85. The Hall–Kier alpha value is -1.06. The van der Waals surface area contributed by atoms with Crippen LogP contribution in [0.5, 0.6) is 5.75 Å². The third kappa shape index (κ3) is 2.77. The molecule has 0 spiro atoms. The highest BCUT2D eigenvalue weighted by molar-refractivity contribution is 5.30. The van der Waals surface area contributed by atoms with Crippen molar-refractivity contribution in [1.29, 1.82) is 0 Å². The number of benzene rings is 1. The fourth-order valence-corrected chi connectivity index (χ4v) is 3.50. The fraction of sp³-hybridized carbons (Fsp3) is 0.625. The van der Waals surface area contributed by atoms with E-state index in [1.165, 1.54) is 38.0 Å². The Balaban J connectivity index is 1.65. The van der Waals surface area contributed by atoms with E-state index in [1.807, 2.05) is 6.07 Å². The number of fused-ring (bicyclic) bond motifs is 2. The summed E-state index contributed by atoms with van der Waals surface area (Å²) < 4.78 is 5.31. The van der Waals surface area contributed by atoms with Crippen LogP contribution in [0, 0.1) is 5.92 Å². The lowest BCUT2D eigenvalue weighted by atomic mass is 9.93. The Bertz CT molecular complexity index is 435. The van der Waals surface area contributed by atoms with Gasteiger partial charge in [-0.05, 0) is 56.5 Å². The Morgan fingerprint density at radius 1 is 1.32 bits per heavy atom. The van der Waals surface area contributed by atoms with Gasteiger partial charge in [-0.3, -0.25) is 0 Å². The number of hydrogen-bond acceptors (Lipinski definition) is 3. The van der Waals surface area contributed by atoms with Gasteiger partial charge in [0.15, 0.2) is 0 Å². The van der Waals surface area contributed by atoms with Gasteiger partial charge in [0.1, 0.15) is 5.75 Å². The van der Waals surface area contributed by atoms with Crippen molar-refractivity contribution in [3.8, 4) is 5.75 Å². The maximum atomic E-state index is 5.31. The number of methoxy groups -OCH3 is 1. The zero-order chi connectivity index (χ0) is 13.2. The molecule has 3 rings (SSSR count). The summed E-state index contributed by atoms with van der Waals surface area (Å²) >= 11 is 0. The molecule has 0 saturated carbocycles. The number of rotatable bonds is 4. The number of nitrogens with one attached hydrogen (secondary N) is 1. The van der Waals surface area contributed by atoms with Crippen molar-refractivity contribution in [2.75, 3.05) is 26.7 Å². The summed E-state index contributed by atoms with van der Waals surface area (Å²) in [6.45, 7) is 6.12. The third-order valence-corrected chi connectivity index (χ3v) is 4.69. The molecule has 0 aliphatic carbocycles. The highest BCUT2D eigenvalue weighted by Gasteiger charge is 2.34. The largest absolute Gasteiger partial charge is 0.497 e. The van der Waals surface area contributed by atoms with E-state index in [0.717, 1.165) is 11.7 Å². The van der Waals surface area contributed by atoms with Gasteiger partial charge < -0.3 is 15.0 Å². The summed E-state index contributed by atoms with van der Waals surface area (Å²) in [4.78, 5) is 2.60. The van der Waals surface area contributed by atoms with Crippen LogP contribution in [0.1, 0.15) is 31.4 Å². The van der Waals surface area contributed by atoms with Gasteiger partial charge in [0.05, 0.1) is 7.11 Å². The first kappa shape index (κ1) is 12.9. The van der Waals surface area contributed by atoms with Crippen LogP contribution in [0.3, 0.4) is 0 Å². The highest BCUT2D eigenvalue weighted by atomic mass is 16.5. The van der Waals surface area contributed by atoms with Crippen molar-refractivity contribution >= 4 is 0 Å². The van der Waals surface area contributed by atoms with Gasteiger partial charge in [-0.1, -0.05) is 12.1 Å². The molecular weight excluding hydrogens is 236 g/mol. The maximum Gasteiger partial charge on any atom is 0.119 e. The summed E-state index contributed by atoms with van der Waals surface area (Å²) in [5.74, 6) is 1.80. The molecule has 0 aromatic heterocycles. The third-order valence-electron chi connectivity index (χ3n) is 4.69. The lowest BCUT2D eigenvalue weighted by Crippen LogP contribution is -2.44. The number of piperidine rings is 1. The lowest BCUT2D eigenvalue weighted by Gasteiger charge is -2.33. The van der Waals surface area contributed by atoms with E-state index in [2.05, 4.69) is 35.3 Å². The predicted octanol–water partition coefficient (Wildman–Crippen LogP) is 2.44. The zero-order valence-corrected chi connectivity index (χ0v) is 11.9. The minimum absolute atomic E-state index is 0.396. The van der Waals surface area contributed by atoms with Crippen molar-refractivity contribution in [2.45, 2.75) is 31.8 Å². The monoisotopic (exact) mass is 260 g/mol. The first-order valence-electron chi connectivity index (χ1n) is 7.38. The molecule has 19 heavy (non-hydrogen) atoms. The average molecular weight is 260 g/mol. The quantitative estimate of drug-likeness (QED) is 0.900. The van der Waals surface area contributed by atoms with E-state index in [1.54, 1.807) is 7.11 Å². The number of nitrogens with zero attached hydrogens (tertiary/aromatic N) is 1. The van der Waals surface area contributed by atoms with Crippen LogP contribution >= 0.6 is 0 Å². The van der Waals surface area contributed by atoms with Crippen LogP contribution in [0.25, 0.3) is 0 Å². The lowest BCUT2D eigenvalue weighted by molar-refractivity contribution is 0.212. The van der Waals surface area contributed by atoms with Gasteiger partial charge in [-0.2, -0.15) is 0 Å². The van der Waals surface area contributed by atoms with Crippen molar-refractivity contribution in [3.63, 3.8) is 0 Å². The summed E-state index contributed by atoms with van der Waals surface area (Å²) in [6.07, 6.45) is 2.65. The topological polar surface area (TPSA) is 24.5 Å². The smallest absolute Gasteiger partial charge is 0.119 e. The van der Waals surface area contributed by atoms with Crippen LogP contribution in [-0.2, 0) is 0 Å². The predicted molar refractivity (Wildman–Crippen MR) is 77.5 cm³/mol. The molecule has 2 bridgehead atoms. The minimum atomic E-state index is 0.396. The van der Waals surface area contributed by atoms with E-state index in [-0.39, 0.29) is 0 Å². The summed E-state index contributed by atoms with van der Waals surface area (Å²) in [7, 11) is 1.73. The van der Waals surface area contributed by atoms with E-state index >= 15 is 0 Å². The van der Waals surface area contributed by atoms with E-state index < -0.39 is 0 Å². The Morgan fingerprint density at radius 3 is 3.00 bits per heavy atom. The van der Waals surface area contributed by atoms with Crippen molar-refractivity contribution < 1.29 is 4.74 Å². The SMILES string of the molecule is COc1cccc(C(C)NC2CCN3CCC2C3)c1. The fourth-order valence-electron chi connectivity index (χ4n) is 3.50. The molecule has 1 aromatic rings. The maximum absolute atomic E-state index is 5.31. The molecule has 4 atom stereocenters. The molecule has 4 unspecified atom stereocenters. The molecule has 2 aliphatic heterocycles. The van der Waals surface area contributed by atoms with E-state index in [0.29, 0.717) is 12.1 Å². The van der Waals surface area contributed by atoms with Gasteiger partial charge in [0, 0.05) is 18.6 Å². The molecule has 1 aromatic carbocycles. The summed E-state index contributed by atoms with van der Waals surface area (Å²) in [5, 5.41) is 3.83. The molecular formula is C16H24N2O. The van der Waals surface area contributed by atoms with Crippen LogP contribution < -0.4 is 10.1 Å². The normalized spacial score (nSPS) is 31.2. The van der Waals surface area contributed by atoms with Gasteiger partial charge in [0.2, 0.25) is 0 Å². The van der Waals surface area contributed by atoms with Gasteiger partial charge in [-0.15, -0.1) is 0 Å². The first-order chi connectivity index (χ1) is 9.26. The Kier molecular flexibility index (Phi) is 3.76. The van der Waals surface area contributed by atoms with Gasteiger partial charge >= 0.3 is 0 Å². The van der Waals surface area contributed by atoms with Crippen molar-refractivity contribution in [1.82, 2.24) is 10.2 Å². The molecule has 3 nitrogen and oxygen atoms in total. The van der Waals surface area contributed by atoms with Crippen molar-refractivity contribution in [3.05, 3.63) is 29.8 Å². The molecule has 2 fully saturated rings. The molecule has 2 saturated heterocycles. The van der Waals surface area contributed by atoms with Crippen LogP contribution in [0.4, 0.5) is 0 Å². The second-order valence-corrected chi connectivity index (χ2v) is 5.91. The Morgan fingerprint density at radius 2 is 2.16 bits per heavy atom. The zero-order valence-electron chi connectivity index (χ0n) is 11.9. The number of ether oxygens (including phenoxy) is 1. The highest BCUT2D eigenvalue weighted by Crippen LogP contribution is 2.29. The molecule has 0 radical (unpaired) electrons. The molecule has 3 heteroatoms. The standard InChI is InChI=1S/C16H24N2O/c1-12(13-4-3-5-15(10-13)19-2)17-16-7-9-18-8-6-14(16)11-18/h3-5,10,12,14,16-17H,6-9,11H2,1-2H3.